The van der Waals surface area contributed by atoms with E-state index in [0.29, 0.717) is 12.1 Å². The predicted molar refractivity (Wildman–Crippen MR) is 116 cm³/mol. The van der Waals surface area contributed by atoms with Gasteiger partial charge in [0.1, 0.15) is 0 Å². The second kappa shape index (κ2) is 33.4. The van der Waals surface area contributed by atoms with Gasteiger partial charge in [0.2, 0.25) is 0 Å². The Kier molecular flexibility index (Phi) is 46.4. The van der Waals surface area contributed by atoms with Gasteiger partial charge in [0, 0.05) is 0 Å². The van der Waals surface area contributed by atoms with Crippen molar-refractivity contribution in [2.45, 2.75) is 104 Å². The van der Waals surface area contributed by atoms with Crippen molar-refractivity contribution in [2.75, 3.05) is 14.1 Å². The van der Waals surface area contributed by atoms with Crippen molar-refractivity contribution in [3.8, 4) is 0 Å². The molecule has 0 aromatic heterocycles. The molecular formula is C20H42N4O2Ru. The van der Waals surface area contributed by atoms with Gasteiger partial charge < -0.3 is 30.9 Å². The van der Waals surface area contributed by atoms with Crippen LogP contribution in [0.5, 0.6) is 0 Å². The van der Waals surface area contributed by atoms with Crippen molar-refractivity contribution in [3.63, 3.8) is 0 Å². The Balaban J connectivity index is -0.0000000975. The molecule has 0 fully saturated rings. The predicted octanol–water partition coefficient (Wildman–Crippen LogP) is 6.03. The number of rotatable bonds is 12. The van der Waals surface area contributed by atoms with Crippen LogP contribution in [-0.4, -0.2) is 52.1 Å². The van der Waals surface area contributed by atoms with E-state index in [4.69, 9.17) is 9.59 Å². The third-order valence-electron chi connectivity index (χ3n) is 3.17. The maximum Gasteiger partial charge on any atom is 6.00 e. The number of hydrogen-bond donors (Lipinski definition) is 0. The molecule has 2 unspecified atom stereocenters. The molecule has 7 heteroatoms. The molecule has 0 spiro atoms. The van der Waals surface area contributed by atoms with Gasteiger partial charge in [0.15, 0.2) is 0 Å². The summed E-state index contributed by atoms with van der Waals surface area (Å²) < 4.78 is 0. The molecule has 27 heavy (non-hydrogen) atoms. The zero-order valence-electron chi connectivity index (χ0n) is 18.7. The van der Waals surface area contributed by atoms with Crippen LogP contribution in [0, 0.1) is 0 Å². The first kappa shape index (κ1) is 37.5. The third-order valence-corrected chi connectivity index (χ3v) is 3.17. The van der Waals surface area contributed by atoms with Gasteiger partial charge >= 0.3 is 19.5 Å². The normalized spacial score (nSPS) is 11.6. The quantitative estimate of drug-likeness (QED) is 0.198. The molecule has 0 aliphatic carbocycles. The molecule has 6 nitrogen and oxygen atoms in total. The average molecular weight is 472 g/mol. The molecule has 0 saturated heterocycles. The summed E-state index contributed by atoms with van der Waals surface area (Å²) in [4.78, 5) is 15.5. The molecule has 0 bridgehead atoms. The van der Waals surface area contributed by atoms with Crippen molar-refractivity contribution in [1.29, 1.82) is 0 Å². The second-order valence-electron chi connectivity index (χ2n) is 6.25. The Hall–Kier alpha value is -0.197. The monoisotopic (exact) mass is 472 g/mol. The van der Waals surface area contributed by atoms with Gasteiger partial charge in [-0.3, -0.25) is 13.6 Å². The first-order valence-corrected chi connectivity index (χ1v) is 9.46. The molecule has 0 aliphatic heterocycles. The maximum absolute atomic E-state index is 7.75. The molecule has 0 aromatic rings. The minimum Gasteiger partial charge on any atom is -0.681 e. The maximum atomic E-state index is 7.75. The van der Waals surface area contributed by atoms with Crippen LogP contribution in [0.3, 0.4) is 0 Å². The van der Waals surface area contributed by atoms with E-state index >= 15 is 0 Å². The van der Waals surface area contributed by atoms with E-state index in [9.17, 15) is 0 Å². The summed E-state index contributed by atoms with van der Waals surface area (Å²) in [7, 11) is 3.71. The number of hydrogen-bond acceptors (Lipinski definition) is 2. The topological polar surface area (TPSA) is 90.5 Å². The Bertz CT molecular complexity index is 224. The van der Waals surface area contributed by atoms with Gasteiger partial charge in [-0.1, -0.05) is 80.1 Å². The Morgan fingerprint density at radius 2 is 0.926 bits per heavy atom. The summed E-state index contributed by atoms with van der Waals surface area (Å²) >= 11 is 0. The smallest absolute Gasteiger partial charge is 0.681 e. The van der Waals surface area contributed by atoms with Gasteiger partial charge in [0.05, 0.1) is 0 Å². The fraction of sp³-hybridized carbons (Fsp3) is 0.900. The molecule has 0 aliphatic rings. The van der Waals surface area contributed by atoms with Crippen LogP contribution in [0.15, 0.2) is 0 Å². The van der Waals surface area contributed by atoms with Crippen LogP contribution >= 0.6 is 0 Å². The summed E-state index contributed by atoms with van der Waals surface area (Å²) in [6.45, 7) is 19.3. The van der Waals surface area contributed by atoms with Gasteiger partial charge in [-0.05, 0) is 0 Å². The number of unbranched alkanes of at least 4 members (excludes halogenated alkanes) is 2. The minimum atomic E-state index is 0. The molecule has 0 radical (unpaired) electrons. The SMILES string of the molecule is CCCCC([N-]C)[N-]C(C)C.CCCCC([N-]C)[N-]C(C)C.[CH-]=O.[CH-]=O.[Ru+6]. The van der Waals surface area contributed by atoms with E-state index in [1.807, 2.05) is 14.1 Å². The average Bonchev–Trinajstić information content (AvgIpc) is 2.65. The van der Waals surface area contributed by atoms with Crippen LogP contribution in [0.2, 0.25) is 0 Å². The van der Waals surface area contributed by atoms with Crippen molar-refractivity contribution < 1.29 is 29.1 Å². The molecule has 2 atom stereocenters. The van der Waals surface area contributed by atoms with Crippen LogP contribution in [-0.2, 0) is 29.1 Å². The molecule has 162 valence electrons. The molecule has 0 rings (SSSR count). The van der Waals surface area contributed by atoms with Crippen molar-refractivity contribution in [3.05, 3.63) is 21.3 Å². The molecule has 0 amide bonds. The minimum absolute atomic E-state index is 0. The summed E-state index contributed by atoms with van der Waals surface area (Å²) in [5.41, 5.74) is 0. The van der Waals surface area contributed by atoms with Gasteiger partial charge in [-0.2, -0.15) is 14.1 Å². The zero-order chi connectivity index (χ0) is 21.4. The third kappa shape index (κ3) is 37.3. The van der Waals surface area contributed by atoms with Crippen molar-refractivity contribution in [2.24, 2.45) is 0 Å². The van der Waals surface area contributed by atoms with E-state index in [1.54, 1.807) is 0 Å². The van der Waals surface area contributed by atoms with E-state index in [1.165, 1.54) is 25.7 Å². The van der Waals surface area contributed by atoms with Gasteiger partial charge in [-0.25, -0.2) is 12.3 Å². The summed E-state index contributed by atoms with van der Waals surface area (Å²) in [5.74, 6) is 0. The van der Waals surface area contributed by atoms with E-state index in [0.717, 1.165) is 12.8 Å². The summed E-state index contributed by atoms with van der Waals surface area (Å²) in [6, 6.07) is 0.834. The first-order valence-electron chi connectivity index (χ1n) is 9.46. The largest absolute Gasteiger partial charge is 6.00 e. The summed E-state index contributed by atoms with van der Waals surface area (Å²) in [5, 5.41) is 17.3. The Morgan fingerprint density at radius 1 is 0.667 bits per heavy atom. The fourth-order valence-corrected chi connectivity index (χ4v) is 2.00. The standard InChI is InChI=1S/2C9H20N2.2CHO.Ru/c2*1-5-6-7-9(10-4)11-8(2)3;2*1-2;/h2*8-9H,5-7H2,1-4H3;2*1H;/q2*-2;2*-1;+6. The first-order chi connectivity index (χ1) is 12.4. The van der Waals surface area contributed by atoms with Crippen LogP contribution < -0.4 is 0 Å². The molecule has 0 N–H and O–H groups in total. The van der Waals surface area contributed by atoms with Crippen molar-refractivity contribution in [1.82, 2.24) is 0 Å². The van der Waals surface area contributed by atoms with E-state index in [-0.39, 0.29) is 31.8 Å². The molecule has 0 aromatic carbocycles. The Morgan fingerprint density at radius 3 is 1.07 bits per heavy atom. The number of carbonyl (C=O) groups excluding carboxylic acids is 2. The second-order valence-corrected chi connectivity index (χ2v) is 6.25. The van der Waals surface area contributed by atoms with Crippen LogP contribution in [0.1, 0.15) is 80.1 Å². The molecule has 0 heterocycles. The molecule has 0 saturated carbocycles. The Labute approximate surface area is 182 Å². The summed E-state index contributed by atoms with van der Waals surface area (Å²) in [6.07, 6.45) is 7.66. The van der Waals surface area contributed by atoms with Gasteiger partial charge in [0.25, 0.3) is 0 Å². The fourth-order valence-electron chi connectivity index (χ4n) is 2.00. The van der Waals surface area contributed by atoms with Crippen LogP contribution in [0.4, 0.5) is 0 Å². The van der Waals surface area contributed by atoms with Gasteiger partial charge in [-0.15, -0.1) is 12.1 Å². The molecular weight excluding hydrogens is 429 g/mol. The number of nitrogens with zero attached hydrogens (tertiary/aromatic N) is 4. The van der Waals surface area contributed by atoms with E-state index in [2.05, 4.69) is 76.4 Å². The van der Waals surface area contributed by atoms with Crippen molar-refractivity contribution >= 4 is 13.6 Å². The zero-order valence-corrected chi connectivity index (χ0v) is 20.4. The van der Waals surface area contributed by atoms with E-state index < -0.39 is 0 Å². The van der Waals surface area contributed by atoms with Crippen LogP contribution in [0.25, 0.3) is 21.3 Å².